The van der Waals surface area contributed by atoms with Crippen molar-refractivity contribution >= 4 is 12.1 Å². The minimum Gasteiger partial charge on any atom is -0.508 e. The number of aliphatic imine (C=N–C) groups is 2. The second-order valence-electron chi connectivity index (χ2n) is 5.38. The molecule has 0 saturated heterocycles. The Labute approximate surface area is 119 Å². The predicted octanol–water partition coefficient (Wildman–Crippen LogP) is 2.88. The van der Waals surface area contributed by atoms with Gasteiger partial charge < -0.3 is 10.8 Å². The number of hydrogen-bond acceptors (Lipinski definition) is 3. The summed E-state index contributed by atoms with van der Waals surface area (Å²) in [6, 6.07) is 6.96. The van der Waals surface area contributed by atoms with Gasteiger partial charge in [0.1, 0.15) is 17.3 Å². The Morgan fingerprint density at radius 3 is 2.75 bits per heavy atom. The molecule has 1 aliphatic heterocycles. The van der Waals surface area contributed by atoms with Crippen LogP contribution in [0.3, 0.4) is 0 Å². The number of phenols is 1. The van der Waals surface area contributed by atoms with Gasteiger partial charge in [-0.25, -0.2) is 0 Å². The summed E-state index contributed by atoms with van der Waals surface area (Å²) in [7, 11) is 0. The molecule has 4 heteroatoms. The standard InChI is InChI=1S/C16H21N3O/c1-11(2)13-7-8-18-15(9-13)16(17)19-10-12-3-5-14(20)6-4-12/h3-6,8-9,11,13,20H,7,10H2,1-2H3,(H2,17,19). The highest BCUT2D eigenvalue weighted by molar-refractivity contribution is 5.98. The van der Waals surface area contributed by atoms with Gasteiger partial charge in [-0.2, -0.15) is 0 Å². The number of amidine groups is 1. The number of phenolic OH excluding ortho intramolecular Hbond substituents is 1. The van der Waals surface area contributed by atoms with Crippen molar-refractivity contribution in [2.75, 3.05) is 0 Å². The van der Waals surface area contributed by atoms with Crippen LogP contribution in [-0.4, -0.2) is 17.2 Å². The van der Waals surface area contributed by atoms with Crippen LogP contribution in [0.4, 0.5) is 0 Å². The molecule has 0 saturated carbocycles. The molecule has 0 aromatic heterocycles. The Balaban J connectivity index is 2.06. The van der Waals surface area contributed by atoms with E-state index in [2.05, 4.69) is 29.9 Å². The summed E-state index contributed by atoms with van der Waals surface area (Å²) < 4.78 is 0. The van der Waals surface area contributed by atoms with Crippen molar-refractivity contribution in [3.63, 3.8) is 0 Å². The van der Waals surface area contributed by atoms with Crippen molar-refractivity contribution < 1.29 is 5.11 Å². The van der Waals surface area contributed by atoms with E-state index >= 15 is 0 Å². The first-order valence-corrected chi connectivity index (χ1v) is 6.89. The Bertz CT molecular complexity index is 541. The quantitative estimate of drug-likeness (QED) is 0.653. The smallest absolute Gasteiger partial charge is 0.144 e. The van der Waals surface area contributed by atoms with Crippen LogP contribution in [0.5, 0.6) is 5.75 Å². The van der Waals surface area contributed by atoms with Gasteiger partial charge >= 0.3 is 0 Å². The zero-order valence-electron chi connectivity index (χ0n) is 12.0. The molecule has 3 N–H and O–H groups in total. The minimum absolute atomic E-state index is 0.255. The van der Waals surface area contributed by atoms with Crippen LogP contribution in [0, 0.1) is 11.8 Å². The molecular formula is C16H21N3O. The number of allylic oxidation sites excluding steroid dienone is 1. The van der Waals surface area contributed by atoms with Crippen LogP contribution < -0.4 is 5.73 Å². The van der Waals surface area contributed by atoms with E-state index in [1.54, 1.807) is 12.1 Å². The lowest BCUT2D eigenvalue weighted by molar-refractivity contribution is 0.475. The van der Waals surface area contributed by atoms with Crippen molar-refractivity contribution in [2.45, 2.75) is 26.8 Å². The number of nitrogens with two attached hydrogens (primary N) is 1. The fraction of sp³-hybridized carbons (Fsp3) is 0.375. The van der Waals surface area contributed by atoms with Crippen LogP contribution >= 0.6 is 0 Å². The molecule has 1 heterocycles. The lowest BCUT2D eigenvalue weighted by Gasteiger charge is -2.19. The van der Waals surface area contributed by atoms with E-state index in [-0.39, 0.29) is 5.75 Å². The summed E-state index contributed by atoms with van der Waals surface area (Å²) in [6.07, 6.45) is 5.00. The van der Waals surface area contributed by atoms with E-state index in [1.807, 2.05) is 18.3 Å². The molecule has 4 nitrogen and oxygen atoms in total. The lowest BCUT2D eigenvalue weighted by atomic mass is 9.90. The van der Waals surface area contributed by atoms with Crippen LogP contribution in [0.1, 0.15) is 25.8 Å². The van der Waals surface area contributed by atoms with Crippen molar-refractivity contribution in [1.29, 1.82) is 0 Å². The predicted molar refractivity (Wildman–Crippen MR) is 83.0 cm³/mol. The molecule has 1 atom stereocenters. The zero-order chi connectivity index (χ0) is 14.5. The number of rotatable bonds is 4. The number of hydrogen-bond donors (Lipinski definition) is 2. The number of nitrogens with zero attached hydrogens (tertiary/aromatic N) is 2. The normalized spacial score (nSPS) is 19.2. The summed E-state index contributed by atoms with van der Waals surface area (Å²) in [5.74, 6) is 1.77. The van der Waals surface area contributed by atoms with Gasteiger partial charge in [0, 0.05) is 6.21 Å². The first-order chi connectivity index (χ1) is 9.56. The molecule has 1 aromatic rings. The fourth-order valence-electron chi connectivity index (χ4n) is 2.06. The highest BCUT2D eigenvalue weighted by atomic mass is 16.3. The molecule has 20 heavy (non-hydrogen) atoms. The van der Waals surface area contributed by atoms with Crippen LogP contribution in [0.2, 0.25) is 0 Å². The maximum Gasteiger partial charge on any atom is 0.144 e. The molecule has 0 bridgehead atoms. The van der Waals surface area contributed by atoms with Gasteiger partial charge in [-0.15, -0.1) is 0 Å². The molecule has 1 aliphatic rings. The highest BCUT2D eigenvalue weighted by Crippen LogP contribution is 2.21. The summed E-state index contributed by atoms with van der Waals surface area (Å²) in [4.78, 5) is 8.70. The third kappa shape index (κ3) is 3.70. The van der Waals surface area contributed by atoms with E-state index in [9.17, 15) is 5.11 Å². The highest BCUT2D eigenvalue weighted by Gasteiger charge is 2.15. The monoisotopic (exact) mass is 271 g/mol. The van der Waals surface area contributed by atoms with Gasteiger partial charge in [0.2, 0.25) is 0 Å². The molecule has 1 unspecified atom stereocenters. The van der Waals surface area contributed by atoms with E-state index in [0.717, 1.165) is 17.7 Å². The van der Waals surface area contributed by atoms with Gasteiger partial charge in [-0.05, 0) is 36.0 Å². The largest absolute Gasteiger partial charge is 0.508 e. The van der Waals surface area contributed by atoms with Crippen molar-refractivity contribution in [2.24, 2.45) is 27.6 Å². The Hall–Kier alpha value is -2.10. The molecule has 0 aliphatic carbocycles. The SMILES string of the molecule is CC(C)C1C=C(C(N)=NCc2ccc(O)cc2)N=CC1. The maximum atomic E-state index is 9.23. The van der Waals surface area contributed by atoms with Gasteiger partial charge in [0.25, 0.3) is 0 Å². The Kier molecular flexibility index (Phi) is 4.56. The minimum atomic E-state index is 0.255. The summed E-state index contributed by atoms with van der Waals surface area (Å²) >= 11 is 0. The summed E-state index contributed by atoms with van der Waals surface area (Å²) in [5.41, 5.74) is 7.79. The third-order valence-corrected chi connectivity index (χ3v) is 3.47. The van der Waals surface area contributed by atoms with Crippen LogP contribution in [-0.2, 0) is 6.54 Å². The van der Waals surface area contributed by atoms with E-state index in [0.29, 0.717) is 24.2 Å². The van der Waals surface area contributed by atoms with Gasteiger partial charge in [0.05, 0.1) is 6.54 Å². The fourth-order valence-corrected chi connectivity index (χ4v) is 2.06. The van der Waals surface area contributed by atoms with Crippen LogP contribution in [0.25, 0.3) is 0 Å². The first-order valence-electron chi connectivity index (χ1n) is 6.89. The Morgan fingerprint density at radius 2 is 2.10 bits per heavy atom. The van der Waals surface area contributed by atoms with Crippen molar-refractivity contribution in [3.05, 3.63) is 41.6 Å². The average Bonchev–Trinajstić information content (AvgIpc) is 2.46. The molecule has 1 aromatic carbocycles. The molecular weight excluding hydrogens is 250 g/mol. The Morgan fingerprint density at radius 1 is 1.40 bits per heavy atom. The first kappa shape index (κ1) is 14.3. The summed E-state index contributed by atoms with van der Waals surface area (Å²) in [5, 5.41) is 9.23. The van der Waals surface area contributed by atoms with Crippen LogP contribution in [0.15, 0.2) is 46.0 Å². The average molecular weight is 271 g/mol. The number of benzene rings is 1. The van der Waals surface area contributed by atoms with Crippen molar-refractivity contribution in [1.82, 2.24) is 0 Å². The molecule has 0 radical (unpaired) electrons. The topological polar surface area (TPSA) is 71.0 Å². The number of aromatic hydroxyl groups is 1. The summed E-state index contributed by atoms with van der Waals surface area (Å²) in [6.45, 7) is 4.88. The van der Waals surface area contributed by atoms with E-state index in [4.69, 9.17) is 5.73 Å². The molecule has 2 rings (SSSR count). The van der Waals surface area contributed by atoms with Gasteiger partial charge in [0.15, 0.2) is 0 Å². The zero-order valence-corrected chi connectivity index (χ0v) is 12.0. The van der Waals surface area contributed by atoms with Gasteiger partial charge in [-0.1, -0.05) is 32.1 Å². The van der Waals surface area contributed by atoms with E-state index < -0.39 is 0 Å². The lowest BCUT2D eigenvalue weighted by Crippen LogP contribution is -2.19. The molecule has 0 spiro atoms. The molecule has 0 amide bonds. The second-order valence-corrected chi connectivity index (χ2v) is 5.38. The second kappa shape index (κ2) is 6.37. The third-order valence-electron chi connectivity index (χ3n) is 3.47. The van der Waals surface area contributed by atoms with E-state index in [1.165, 1.54) is 0 Å². The molecule has 106 valence electrons. The van der Waals surface area contributed by atoms with Crippen molar-refractivity contribution in [3.8, 4) is 5.75 Å². The van der Waals surface area contributed by atoms with Gasteiger partial charge in [-0.3, -0.25) is 9.98 Å². The molecule has 0 fully saturated rings. The maximum absolute atomic E-state index is 9.23.